The molecule has 3 aromatic carbocycles. The van der Waals surface area contributed by atoms with Crippen LogP contribution in [0.15, 0.2) is 101 Å². The van der Waals surface area contributed by atoms with Gasteiger partial charge in [0.2, 0.25) is 0 Å². The SMILES string of the molecule is CCCC/C=[C](/C(=O)OC)[Sn]([c]1ccccc1)([c]1ccccc1)[c]1ccccc1. The Bertz CT molecular complexity index is 838. The molecular weight excluding hydrogens is 463 g/mol. The molecule has 0 radical (unpaired) electrons. The monoisotopic (exact) mass is 492 g/mol. The molecule has 0 fully saturated rings. The van der Waals surface area contributed by atoms with Crippen LogP contribution in [0.3, 0.4) is 0 Å². The fraction of sp³-hybridized carbons (Fsp3) is 0.192. The van der Waals surface area contributed by atoms with E-state index in [2.05, 4.69) is 85.8 Å². The first-order chi connectivity index (χ1) is 14.2. The van der Waals surface area contributed by atoms with Crippen LogP contribution in [0.1, 0.15) is 26.2 Å². The van der Waals surface area contributed by atoms with Gasteiger partial charge in [0.05, 0.1) is 0 Å². The fourth-order valence-corrected chi connectivity index (χ4v) is 17.9. The van der Waals surface area contributed by atoms with E-state index < -0.39 is 18.4 Å². The molecule has 0 aliphatic rings. The summed E-state index contributed by atoms with van der Waals surface area (Å²) in [6.07, 6.45) is 5.20. The third kappa shape index (κ3) is 4.48. The van der Waals surface area contributed by atoms with Gasteiger partial charge >= 0.3 is 179 Å². The fourth-order valence-electron chi connectivity index (χ4n) is 3.98. The topological polar surface area (TPSA) is 26.3 Å². The zero-order valence-corrected chi connectivity index (χ0v) is 20.0. The van der Waals surface area contributed by atoms with Crippen LogP contribution in [0.5, 0.6) is 0 Å². The Kier molecular flexibility index (Phi) is 7.70. The Balaban J connectivity index is 2.41. The van der Waals surface area contributed by atoms with Crippen LogP contribution in [0.25, 0.3) is 0 Å². The Labute approximate surface area is 178 Å². The Morgan fingerprint density at radius 3 is 1.55 bits per heavy atom. The molecule has 3 heteroatoms. The zero-order valence-electron chi connectivity index (χ0n) is 17.2. The van der Waals surface area contributed by atoms with Crippen molar-refractivity contribution in [3.05, 3.63) is 101 Å². The van der Waals surface area contributed by atoms with Gasteiger partial charge < -0.3 is 0 Å². The molecule has 29 heavy (non-hydrogen) atoms. The Hall–Kier alpha value is -2.33. The summed E-state index contributed by atoms with van der Waals surface area (Å²) >= 11 is -3.85. The van der Waals surface area contributed by atoms with E-state index in [0.717, 1.165) is 22.9 Å². The van der Waals surface area contributed by atoms with Crippen LogP contribution in [-0.4, -0.2) is 31.5 Å². The van der Waals surface area contributed by atoms with Crippen molar-refractivity contribution < 1.29 is 9.53 Å². The molecule has 3 aromatic rings. The van der Waals surface area contributed by atoms with E-state index in [0.29, 0.717) is 0 Å². The van der Waals surface area contributed by atoms with Crippen LogP contribution in [0.2, 0.25) is 0 Å². The average Bonchev–Trinajstić information content (AvgIpc) is 2.80. The quantitative estimate of drug-likeness (QED) is 0.206. The van der Waals surface area contributed by atoms with Crippen LogP contribution in [0, 0.1) is 0 Å². The molecule has 0 atom stereocenters. The number of allylic oxidation sites excluding steroid dienone is 1. The van der Waals surface area contributed by atoms with Crippen molar-refractivity contribution in [3.63, 3.8) is 0 Å². The number of benzene rings is 3. The molecule has 0 aliphatic heterocycles. The molecule has 3 rings (SSSR count). The molecule has 0 heterocycles. The van der Waals surface area contributed by atoms with Crippen molar-refractivity contribution in [2.45, 2.75) is 26.2 Å². The Morgan fingerprint density at radius 1 is 0.793 bits per heavy atom. The minimum atomic E-state index is -3.85. The van der Waals surface area contributed by atoms with E-state index in [1.165, 1.54) is 17.8 Å². The number of ether oxygens (including phenoxy) is 1. The molecule has 0 saturated carbocycles. The first kappa shape index (κ1) is 21.4. The number of methoxy groups -OCH3 is 1. The zero-order chi connectivity index (χ0) is 20.5. The summed E-state index contributed by atoms with van der Waals surface area (Å²) < 4.78 is 10.0. The average molecular weight is 491 g/mol. The van der Waals surface area contributed by atoms with E-state index in [-0.39, 0.29) is 5.97 Å². The summed E-state index contributed by atoms with van der Waals surface area (Å²) in [5, 5.41) is 0. The predicted octanol–water partition coefficient (Wildman–Crippen LogP) is 3.99. The van der Waals surface area contributed by atoms with Crippen molar-refractivity contribution in [2.75, 3.05) is 7.11 Å². The van der Waals surface area contributed by atoms with E-state index in [4.69, 9.17) is 4.74 Å². The summed E-state index contributed by atoms with van der Waals surface area (Å²) in [6.45, 7) is 2.17. The van der Waals surface area contributed by atoms with Gasteiger partial charge in [-0.1, -0.05) is 0 Å². The van der Waals surface area contributed by atoms with Gasteiger partial charge in [0.1, 0.15) is 0 Å². The van der Waals surface area contributed by atoms with Gasteiger partial charge in [-0.05, 0) is 0 Å². The number of esters is 1. The summed E-state index contributed by atoms with van der Waals surface area (Å²) in [5.74, 6) is -0.200. The van der Waals surface area contributed by atoms with Gasteiger partial charge in [0, 0.05) is 0 Å². The minimum absolute atomic E-state index is 0.200. The number of carbonyl (C=O) groups is 1. The van der Waals surface area contributed by atoms with Crippen LogP contribution >= 0.6 is 0 Å². The first-order valence-corrected chi connectivity index (χ1v) is 15.9. The Morgan fingerprint density at radius 2 is 1.21 bits per heavy atom. The predicted molar refractivity (Wildman–Crippen MR) is 124 cm³/mol. The standard InChI is InChI=1S/C8H13O2.3C6H5.Sn/c1-3-4-5-6-7-8(9)10-2;3*1-2-4-6-5-3-1;/h6H,3-5H2,1-2H3;3*1-5H;. The van der Waals surface area contributed by atoms with Crippen LogP contribution < -0.4 is 10.7 Å². The molecule has 2 nitrogen and oxygen atoms in total. The first-order valence-electron chi connectivity index (χ1n) is 10.2. The number of carbonyl (C=O) groups excluding carboxylic acids is 1. The van der Waals surface area contributed by atoms with Gasteiger partial charge in [0.15, 0.2) is 0 Å². The van der Waals surface area contributed by atoms with Crippen molar-refractivity contribution in [2.24, 2.45) is 0 Å². The third-order valence-corrected chi connectivity index (χ3v) is 19.1. The second-order valence-corrected chi connectivity index (χ2v) is 17.9. The van der Waals surface area contributed by atoms with Crippen molar-refractivity contribution in [3.8, 4) is 0 Å². The maximum atomic E-state index is 13.2. The molecule has 0 amide bonds. The number of rotatable bonds is 8. The second-order valence-electron chi connectivity index (χ2n) is 7.10. The molecule has 0 aromatic heterocycles. The molecule has 148 valence electrons. The van der Waals surface area contributed by atoms with Crippen molar-refractivity contribution >= 4 is 35.1 Å². The normalized spacial score (nSPS) is 11.9. The summed E-state index contributed by atoms with van der Waals surface area (Å²) in [6, 6.07) is 31.7. The molecule has 0 N–H and O–H groups in total. The second kappa shape index (κ2) is 10.4. The molecule has 0 bridgehead atoms. The van der Waals surface area contributed by atoms with E-state index in [1.807, 2.05) is 18.2 Å². The summed E-state index contributed by atoms with van der Waals surface area (Å²) in [7, 11) is 1.49. The van der Waals surface area contributed by atoms with Gasteiger partial charge in [-0.25, -0.2) is 0 Å². The third-order valence-electron chi connectivity index (χ3n) is 5.34. The van der Waals surface area contributed by atoms with Gasteiger partial charge in [-0.3, -0.25) is 0 Å². The van der Waals surface area contributed by atoms with Crippen molar-refractivity contribution in [1.29, 1.82) is 0 Å². The van der Waals surface area contributed by atoms with Crippen LogP contribution in [-0.2, 0) is 9.53 Å². The molecular formula is C26H28O2Sn. The number of hydrogen-bond acceptors (Lipinski definition) is 2. The molecule has 0 spiro atoms. The number of hydrogen-bond donors (Lipinski definition) is 0. The van der Waals surface area contributed by atoms with Gasteiger partial charge in [0.25, 0.3) is 0 Å². The molecule has 0 unspecified atom stereocenters. The number of unbranched alkanes of at least 4 members (excludes halogenated alkanes) is 2. The van der Waals surface area contributed by atoms with Crippen LogP contribution in [0.4, 0.5) is 0 Å². The maximum absolute atomic E-state index is 13.2. The van der Waals surface area contributed by atoms with Gasteiger partial charge in [-0.15, -0.1) is 0 Å². The van der Waals surface area contributed by atoms with Crippen molar-refractivity contribution in [1.82, 2.24) is 0 Å². The molecule has 0 aliphatic carbocycles. The summed E-state index contributed by atoms with van der Waals surface area (Å²) in [4.78, 5) is 13.2. The van der Waals surface area contributed by atoms with E-state index in [1.54, 1.807) is 0 Å². The van der Waals surface area contributed by atoms with Gasteiger partial charge in [-0.2, -0.15) is 0 Å². The van der Waals surface area contributed by atoms with E-state index in [9.17, 15) is 4.79 Å². The van der Waals surface area contributed by atoms with E-state index >= 15 is 0 Å². The summed E-state index contributed by atoms with van der Waals surface area (Å²) in [5.41, 5.74) is 0. The molecule has 0 saturated heterocycles.